The van der Waals surface area contributed by atoms with Crippen LogP contribution in [0.3, 0.4) is 0 Å². The van der Waals surface area contributed by atoms with E-state index in [9.17, 15) is 4.79 Å². The number of carbonyl (C=O) groups excluding carboxylic acids is 1. The molecule has 5 fully saturated rings. The van der Waals surface area contributed by atoms with Gasteiger partial charge in [0.15, 0.2) is 0 Å². The summed E-state index contributed by atoms with van der Waals surface area (Å²) >= 11 is 0. The van der Waals surface area contributed by atoms with Crippen molar-refractivity contribution in [2.45, 2.75) is 51.0 Å². The predicted octanol–water partition coefficient (Wildman–Crippen LogP) is 2.38. The average Bonchev–Trinajstić information content (AvgIpc) is 3.08. The molecule has 0 radical (unpaired) electrons. The van der Waals surface area contributed by atoms with Crippen LogP contribution < -0.4 is 5.32 Å². The fraction of sp³-hybridized carbons (Fsp3) is 0.933. The average molecular weight is 233 g/mol. The van der Waals surface area contributed by atoms with E-state index in [1.165, 1.54) is 44.9 Å². The summed E-state index contributed by atoms with van der Waals surface area (Å²) in [4.78, 5) is 12.4. The maximum atomic E-state index is 12.4. The number of hydrogen-bond donors (Lipinski definition) is 1. The topological polar surface area (TPSA) is 29.1 Å². The molecule has 5 aliphatic rings. The zero-order valence-corrected chi connectivity index (χ0v) is 10.5. The van der Waals surface area contributed by atoms with E-state index in [0.29, 0.717) is 24.3 Å². The number of rotatable bonds is 4. The zero-order chi connectivity index (χ0) is 11.4. The quantitative estimate of drug-likeness (QED) is 0.807. The third kappa shape index (κ3) is 1.85. The molecular weight excluding hydrogens is 210 g/mol. The lowest BCUT2D eigenvalue weighted by Crippen LogP contribution is -2.49. The molecule has 0 heterocycles. The summed E-state index contributed by atoms with van der Waals surface area (Å²) in [5, 5.41) is 3.42. The van der Waals surface area contributed by atoms with Crippen molar-refractivity contribution in [1.29, 1.82) is 0 Å². The summed E-state index contributed by atoms with van der Waals surface area (Å²) in [7, 11) is 0. The summed E-state index contributed by atoms with van der Waals surface area (Å²) in [6.45, 7) is 0.664. The molecule has 4 bridgehead atoms. The molecule has 0 saturated heterocycles. The van der Waals surface area contributed by atoms with Crippen LogP contribution in [0, 0.1) is 29.6 Å². The summed E-state index contributed by atoms with van der Waals surface area (Å²) in [5.74, 6) is 4.48. The lowest BCUT2D eigenvalue weighted by molar-refractivity contribution is -0.134. The smallest absolute Gasteiger partial charge is 0.150 e. The molecule has 0 unspecified atom stereocenters. The fourth-order valence-electron chi connectivity index (χ4n) is 5.10. The molecule has 0 aromatic carbocycles. The monoisotopic (exact) mass is 233 g/mol. The van der Waals surface area contributed by atoms with E-state index < -0.39 is 0 Å². The Balaban J connectivity index is 1.44. The molecule has 5 rings (SSSR count). The highest BCUT2D eigenvalue weighted by atomic mass is 16.1. The Morgan fingerprint density at radius 3 is 2.06 bits per heavy atom. The third-order valence-electron chi connectivity index (χ3n) is 5.74. The van der Waals surface area contributed by atoms with Crippen molar-refractivity contribution >= 4 is 5.78 Å². The molecule has 0 aromatic rings. The van der Waals surface area contributed by atoms with Crippen molar-refractivity contribution in [3.8, 4) is 0 Å². The van der Waals surface area contributed by atoms with E-state index in [2.05, 4.69) is 5.32 Å². The lowest BCUT2D eigenvalue weighted by Gasteiger charge is -2.53. The standard InChI is InChI=1S/C15H23NO/c17-14(8-16-13-1-2-13)15-11-4-9-3-10(6-11)7-12(15)5-9/h9-13,15-16H,1-8H2. The number of hydrogen-bond acceptors (Lipinski definition) is 2. The van der Waals surface area contributed by atoms with E-state index >= 15 is 0 Å². The van der Waals surface area contributed by atoms with Gasteiger partial charge >= 0.3 is 0 Å². The van der Waals surface area contributed by atoms with Crippen LogP contribution in [0.4, 0.5) is 0 Å². The van der Waals surface area contributed by atoms with Crippen molar-refractivity contribution in [3.05, 3.63) is 0 Å². The number of nitrogens with one attached hydrogen (secondary N) is 1. The molecule has 0 spiro atoms. The van der Waals surface area contributed by atoms with Crippen LogP contribution in [0.15, 0.2) is 0 Å². The second kappa shape index (κ2) is 3.81. The molecule has 0 amide bonds. The highest BCUT2D eigenvalue weighted by Crippen LogP contribution is 2.56. The fourth-order valence-corrected chi connectivity index (χ4v) is 5.10. The molecule has 0 aliphatic heterocycles. The Morgan fingerprint density at radius 1 is 0.941 bits per heavy atom. The first-order valence-corrected chi connectivity index (χ1v) is 7.55. The lowest BCUT2D eigenvalue weighted by atomic mass is 9.51. The molecule has 5 saturated carbocycles. The highest BCUT2D eigenvalue weighted by molar-refractivity contribution is 5.84. The minimum absolute atomic E-state index is 0.439. The second-order valence-corrected chi connectivity index (χ2v) is 7.08. The molecule has 17 heavy (non-hydrogen) atoms. The van der Waals surface area contributed by atoms with Crippen molar-refractivity contribution in [2.24, 2.45) is 29.6 Å². The summed E-state index contributed by atoms with van der Waals surface area (Å²) in [6, 6.07) is 0.677. The van der Waals surface area contributed by atoms with Gasteiger partial charge in [0.25, 0.3) is 0 Å². The van der Waals surface area contributed by atoms with Crippen LogP contribution in [0.25, 0.3) is 0 Å². The van der Waals surface area contributed by atoms with Gasteiger partial charge in [0.05, 0.1) is 6.54 Å². The molecule has 2 nitrogen and oxygen atoms in total. The first kappa shape index (κ1) is 10.5. The maximum Gasteiger partial charge on any atom is 0.150 e. The van der Waals surface area contributed by atoms with E-state index in [-0.39, 0.29) is 0 Å². The SMILES string of the molecule is O=C(CNC1CC1)C1C2CC3CC(C2)CC1C3. The van der Waals surface area contributed by atoms with Crippen molar-refractivity contribution < 1.29 is 4.79 Å². The van der Waals surface area contributed by atoms with Gasteiger partial charge in [-0.1, -0.05) is 0 Å². The minimum atomic E-state index is 0.439. The van der Waals surface area contributed by atoms with E-state index in [4.69, 9.17) is 0 Å². The van der Waals surface area contributed by atoms with Crippen LogP contribution in [0.1, 0.15) is 44.9 Å². The van der Waals surface area contributed by atoms with Gasteiger partial charge in [0.2, 0.25) is 0 Å². The Bertz CT molecular complexity index is 306. The van der Waals surface area contributed by atoms with Crippen molar-refractivity contribution in [1.82, 2.24) is 5.32 Å². The normalized spacial score (nSPS) is 47.4. The van der Waals surface area contributed by atoms with Gasteiger partial charge in [-0.3, -0.25) is 4.79 Å². The van der Waals surface area contributed by atoms with Crippen LogP contribution in [-0.4, -0.2) is 18.4 Å². The Kier molecular flexibility index (Phi) is 2.36. The molecule has 1 N–H and O–H groups in total. The van der Waals surface area contributed by atoms with Gasteiger partial charge in [0.1, 0.15) is 5.78 Å². The Morgan fingerprint density at radius 2 is 1.53 bits per heavy atom. The van der Waals surface area contributed by atoms with Crippen LogP contribution in [-0.2, 0) is 4.79 Å². The Labute approximate surface area is 104 Å². The largest absolute Gasteiger partial charge is 0.307 e. The van der Waals surface area contributed by atoms with Crippen molar-refractivity contribution in [3.63, 3.8) is 0 Å². The maximum absolute atomic E-state index is 12.4. The summed E-state index contributed by atoms with van der Waals surface area (Å²) in [6.07, 6.45) is 9.53. The van der Waals surface area contributed by atoms with Gasteiger partial charge in [-0.15, -0.1) is 0 Å². The molecule has 2 heteroatoms. The number of ketones is 1. The molecular formula is C15H23NO. The minimum Gasteiger partial charge on any atom is -0.307 e. The van der Waals surface area contributed by atoms with Gasteiger partial charge in [-0.05, 0) is 68.6 Å². The van der Waals surface area contributed by atoms with E-state index in [1.54, 1.807) is 0 Å². The van der Waals surface area contributed by atoms with Gasteiger partial charge < -0.3 is 5.32 Å². The number of Topliss-reactive ketones (excluding diaryl/α,β-unsaturated/α-hetero) is 1. The van der Waals surface area contributed by atoms with Gasteiger partial charge in [0, 0.05) is 12.0 Å². The van der Waals surface area contributed by atoms with E-state index in [0.717, 1.165) is 23.7 Å². The van der Waals surface area contributed by atoms with Crippen LogP contribution in [0.5, 0.6) is 0 Å². The van der Waals surface area contributed by atoms with E-state index in [1.807, 2.05) is 0 Å². The first-order chi connectivity index (χ1) is 8.29. The van der Waals surface area contributed by atoms with Gasteiger partial charge in [-0.25, -0.2) is 0 Å². The van der Waals surface area contributed by atoms with Gasteiger partial charge in [-0.2, -0.15) is 0 Å². The molecule has 0 aromatic heterocycles. The number of carbonyl (C=O) groups is 1. The molecule has 5 aliphatic carbocycles. The molecule has 94 valence electrons. The predicted molar refractivity (Wildman–Crippen MR) is 66.6 cm³/mol. The zero-order valence-electron chi connectivity index (χ0n) is 10.5. The summed E-state index contributed by atoms with van der Waals surface area (Å²) in [5.41, 5.74) is 0. The molecule has 0 atom stereocenters. The Hall–Kier alpha value is -0.370. The highest BCUT2D eigenvalue weighted by Gasteiger charge is 2.50. The van der Waals surface area contributed by atoms with Crippen LogP contribution >= 0.6 is 0 Å². The van der Waals surface area contributed by atoms with Crippen LogP contribution in [0.2, 0.25) is 0 Å². The summed E-state index contributed by atoms with van der Waals surface area (Å²) < 4.78 is 0. The van der Waals surface area contributed by atoms with Crippen molar-refractivity contribution in [2.75, 3.05) is 6.54 Å². The first-order valence-electron chi connectivity index (χ1n) is 7.55. The second-order valence-electron chi connectivity index (χ2n) is 7.08. The third-order valence-corrected chi connectivity index (χ3v) is 5.74.